The predicted molar refractivity (Wildman–Crippen MR) is 306 cm³/mol. The predicted octanol–water partition coefficient (Wildman–Crippen LogP) is 19.0. The maximum atomic E-state index is 7.53. The first-order chi connectivity index (χ1) is 35.7. The van der Waals surface area contributed by atoms with E-state index in [0.717, 1.165) is 75.5 Å². The summed E-state index contributed by atoms with van der Waals surface area (Å²) in [5, 5.41) is 2.26. The average Bonchev–Trinajstić information content (AvgIpc) is 3.81. The first kappa shape index (κ1) is 43.4. The number of hydrogen-bond acceptors (Lipinski definition) is 3. The van der Waals surface area contributed by atoms with Crippen molar-refractivity contribution in [2.24, 2.45) is 0 Å². The van der Waals surface area contributed by atoms with Crippen LogP contribution in [0.5, 0.6) is 11.5 Å². The normalized spacial score (nSPS) is 17.0. The third kappa shape index (κ3) is 6.78. The summed E-state index contributed by atoms with van der Waals surface area (Å²) >= 11 is 0. The molecule has 0 N–H and O–H groups in total. The Labute approximate surface area is 429 Å². The molecule has 14 rings (SSSR count). The molecule has 73 heavy (non-hydrogen) atoms. The molecule has 4 aliphatic carbocycles. The summed E-state index contributed by atoms with van der Waals surface area (Å²) in [7, 11) is 0. The molecular weight excluding hydrogens is 885 g/mol. The summed E-state index contributed by atoms with van der Waals surface area (Å²) in [6.07, 6.45) is 14.8. The Kier molecular flexibility index (Phi) is 9.86. The van der Waals surface area contributed by atoms with E-state index < -0.39 is 0 Å². The van der Waals surface area contributed by atoms with Crippen molar-refractivity contribution in [2.45, 2.75) is 63.8 Å². The van der Waals surface area contributed by atoms with Crippen molar-refractivity contribution >= 4 is 50.4 Å². The van der Waals surface area contributed by atoms with Gasteiger partial charge >= 0.3 is 0 Å². The summed E-state index contributed by atoms with van der Waals surface area (Å²) < 4.78 is 7.53. The monoisotopic (exact) mass is 940 g/mol. The van der Waals surface area contributed by atoms with E-state index >= 15 is 0 Å². The van der Waals surface area contributed by atoms with Crippen molar-refractivity contribution in [1.82, 2.24) is 0 Å². The van der Waals surface area contributed by atoms with Gasteiger partial charge in [0.2, 0.25) is 0 Å². The summed E-state index contributed by atoms with van der Waals surface area (Å²) in [4.78, 5) is 5.01. The van der Waals surface area contributed by atoms with E-state index in [9.17, 15) is 0 Å². The summed E-state index contributed by atoms with van der Waals surface area (Å²) in [5.41, 5.74) is 23.3. The molecule has 0 amide bonds. The standard InChI is InChI=1S/C70H56N2O/c1-69(2)59-25-13-11-22-54(59)56-40-38-52(43-61(56)69)71(50-34-29-47(30-35-50)45-17-7-5-8-18-45)63-27-16-28-65-67(63)58-24-15-21-49-33-42-64(68(73-65)66(49)58)72(51-36-31-48(32-37-51)46-19-9-6-10-20-46)53-39-41-57-55-23-12-14-26-60(55)70(3,4)62(57)44-53/h5,7-9,11-42,44,52H,6,10,43H2,1-4H3. The Balaban J connectivity index is 0.936. The molecule has 0 fully saturated rings. The van der Waals surface area contributed by atoms with Crippen molar-refractivity contribution in [3.8, 4) is 44.9 Å². The van der Waals surface area contributed by atoms with Crippen LogP contribution in [0.1, 0.15) is 74.8 Å². The van der Waals surface area contributed by atoms with Crippen LogP contribution in [-0.2, 0) is 10.8 Å². The molecule has 0 bridgehead atoms. The SMILES string of the molecule is CC1(C)C2=C(C=CC(N(c3ccc(-c4ccccc4)cc3)c3cccc4c3-c3cccc5ccc(N(c6ccc(C7=CCCC=C7)cc6)c6ccc7c(c6)C(C)(C)c6ccccc6-7)c(c35)O4)C2)c2ccccc21. The highest BCUT2D eigenvalue weighted by Crippen LogP contribution is 2.58. The topological polar surface area (TPSA) is 15.7 Å². The second kappa shape index (κ2) is 16.6. The highest BCUT2D eigenvalue weighted by atomic mass is 16.5. The van der Waals surface area contributed by atoms with Crippen LogP contribution >= 0.6 is 0 Å². The van der Waals surface area contributed by atoms with Gasteiger partial charge in [-0.1, -0.05) is 198 Å². The first-order valence-electron chi connectivity index (χ1n) is 26.1. The number of hydrogen-bond donors (Lipinski definition) is 0. The highest BCUT2D eigenvalue weighted by Gasteiger charge is 2.41. The summed E-state index contributed by atoms with van der Waals surface area (Å²) in [5.74, 6) is 1.71. The molecule has 352 valence electrons. The molecule has 0 spiro atoms. The van der Waals surface area contributed by atoms with E-state index in [1.807, 2.05) is 0 Å². The molecule has 1 atom stereocenters. The molecule has 1 aliphatic heterocycles. The minimum Gasteiger partial charge on any atom is -0.454 e. The van der Waals surface area contributed by atoms with Crippen molar-refractivity contribution in [1.29, 1.82) is 0 Å². The van der Waals surface area contributed by atoms with E-state index in [4.69, 9.17) is 4.74 Å². The molecule has 0 saturated heterocycles. The van der Waals surface area contributed by atoms with Crippen LogP contribution in [0.4, 0.5) is 28.4 Å². The second-order valence-corrected chi connectivity index (χ2v) is 21.5. The second-order valence-electron chi connectivity index (χ2n) is 21.5. The Hall–Kier alpha value is -8.40. The number of rotatable bonds is 8. The van der Waals surface area contributed by atoms with Crippen molar-refractivity contribution in [2.75, 3.05) is 9.80 Å². The smallest absolute Gasteiger partial charge is 0.159 e. The number of ether oxygens (including phenoxy) is 1. The van der Waals surface area contributed by atoms with E-state index in [0.29, 0.717) is 0 Å². The molecule has 3 heteroatoms. The van der Waals surface area contributed by atoms with Gasteiger partial charge in [-0.25, -0.2) is 0 Å². The van der Waals surface area contributed by atoms with Gasteiger partial charge in [-0.3, -0.25) is 0 Å². The van der Waals surface area contributed by atoms with Gasteiger partial charge < -0.3 is 14.5 Å². The Morgan fingerprint density at radius 1 is 0.493 bits per heavy atom. The molecule has 0 aromatic heterocycles. The maximum Gasteiger partial charge on any atom is 0.159 e. The van der Waals surface area contributed by atoms with Crippen LogP contribution in [0.15, 0.2) is 230 Å². The fraction of sp³-hybridized carbons (Fsp3) is 0.143. The molecule has 0 radical (unpaired) electrons. The maximum absolute atomic E-state index is 7.53. The van der Waals surface area contributed by atoms with Crippen LogP contribution < -0.4 is 14.5 Å². The third-order valence-electron chi connectivity index (χ3n) is 16.7. The molecular formula is C70H56N2O. The minimum atomic E-state index is -0.162. The lowest BCUT2D eigenvalue weighted by atomic mass is 9.77. The van der Waals surface area contributed by atoms with E-state index in [-0.39, 0.29) is 16.9 Å². The largest absolute Gasteiger partial charge is 0.454 e. The van der Waals surface area contributed by atoms with Gasteiger partial charge in [-0.15, -0.1) is 0 Å². The van der Waals surface area contributed by atoms with Crippen LogP contribution in [0.25, 0.3) is 55.3 Å². The zero-order valence-electron chi connectivity index (χ0n) is 41.9. The van der Waals surface area contributed by atoms with E-state index in [1.54, 1.807) is 0 Å². The van der Waals surface area contributed by atoms with Gasteiger partial charge in [-0.2, -0.15) is 0 Å². The van der Waals surface area contributed by atoms with Crippen LogP contribution in [0.3, 0.4) is 0 Å². The van der Waals surface area contributed by atoms with Gasteiger partial charge in [0.15, 0.2) is 5.75 Å². The summed E-state index contributed by atoms with van der Waals surface area (Å²) in [6.45, 7) is 9.54. The van der Waals surface area contributed by atoms with Gasteiger partial charge in [0.25, 0.3) is 0 Å². The third-order valence-corrected chi connectivity index (χ3v) is 16.7. The molecule has 5 aliphatic rings. The molecule has 9 aromatic rings. The fourth-order valence-corrected chi connectivity index (χ4v) is 13.0. The average molecular weight is 941 g/mol. The van der Waals surface area contributed by atoms with E-state index in [1.165, 1.54) is 72.4 Å². The number of fused-ring (bicyclic) bond motifs is 7. The molecule has 1 unspecified atom stereocenters. The Bertz CT molecular complexity index is 3850. The van der Waals surface area contributed by atoms with Gasteiger partial charge in [0.1, 0.15) is 5.75 Å². The van der Waals surface area contributed by atoms with Crippen molar-refractivity contribution < 1.29 is 4.74 Å². The zero-order valence-corrected chi connectivity index (χ0v) is 41.9. The first-order valence-corrected chi connectivity index (χ1v) is 26.1. The fourth-order valence-electron chi connectivity index (χ4n) is 13.0. The number of anilines is 5. The Morgan fingerprint density at radius 3 is 1.96 bits per heavy atom. The number of allylic oxidation sites excluding steroid dienone is 6. The Morgan fingerprint density at radius 2 is 1.16 bits per heavy atom. The van der Waals surface area contributed by atoms with Crippen LogP contribution in [-0.4, -0.2) is 6.04 Å². The van der Waals surface area contributed by atoms with Crippen molar-refractivity contribution in [3.63, 3.8) is 0 Å². The molecule has 3 nitrogen and oxygen atoms in total. The number of benzene rings is 9. The van der Waals surface area contributed by atoms with Gasteiger partial charge in [0, 0.05) is 38.8 Å². The lowest BCUT2D eigenvalue weighted by Gasteiger charge is -2.39. The quantitative estimate of drug-likeness (QED) is 0.151. The van der Waals surface area contributed by atoms with Crippen LogP contribution in [0, 0.1) is 0 Å². The zero-order chi connectivity index (χ0) is 49.0. The number of nitrogens with zero attached hydrogens (tertiary/aromatic N) is 2. The van der Waals surface area contributed by atoms with Gasteiger partial charge in [-0.05, 0) is 152 Å². The van der Waals surface area contributed by atoms with Gasteiger partial charge in [0.05, 0.1) is 17.4 Å². The molecule has 9 aromatic carbocycles. The highest BCUT2D eigenvalue weighted by molar-refractivity contribution is 6.11. The van der Waals surface area contributed by atoms with Crippen molar-refractivity contribution in [3.05, 3.63) is 258 Å². The van der Waals surface area contributed by atoms with Crippen LogP contribution in [0.2, 0.25) is 0 Å². The van der Waals surface area contributed by atoms with E-state index in [2.05, 4.69) is 262 Å². The lowest BCUT2D eigenvalue weighted by Crippen LogP contribution is -2.34. The molecule has 0 saturated carbocycles. The summed E-state index contributed by atoms with van der Waals surface area (Å²) in [6, 6.07) is 72.0. The lowest BCUT2D eigenvalue weighted by molar-refractivity contribution is 0.488. The minimum absolute atomic E-state index is 0.0434. The molecule has 1 heterocycles.